The zero-order valence-corrected chi connectivity index (χ0v) is 24.4. The van der Waals surface area contributed by atoms with Crippen LogP contribution in [-0.4, -0.2) is 42.6 Å². The van der Waals surface area contributed by atoms with Crippen LogP contribution >= 0.6 is 0 Å². The van der Waals surface area contributed by atoms with E-state index in [-0.39, 0.29) is 30.9 Å². The quantitative estimate of drug-likeness (QED) is 0.221. The van der Waals surface area contributed by atoms with Gasteiger partial charge in [-0.15, -0.1) is 0 Å². The maximum atomic E-state index is 13.4. The van der Waals surface area contributed by atoms with E-state index >= 15 is 0 Å². The highest BCUT2D eigenvalue weighted by atomic mass is 16.5. The molecule has 7 heteroatoms. The molecule has 0 fully saturated rings. The van der Waals surface area contributed by atoms with Gasteiger partial charge in [-0.05, 0) is 59.9 Å². The number of carbonyl (C=O) groups is 3. The van der Waals surface area contributed by atoms with Gasteiger partial charge in [-0.25, -0.2) is 0 Å². The Morgan fingerprint density at radius 2 is 1.51 bits per heavy atom. The Morgan fingerprint density at radius 3 is 2.12 bits per heavy atom. The van der Waals surface area contributed by atoms with Crippen molar-refractivity contribution in [3.8, 4) is 11.1 Å². The molecule has 0 bridgehead atoms. The molecule has 0 aliphatic heterocycles. The average molecular weight is 559 g/mol. The molecule has 0 aliphatic carbocycles. The van der Waals surface area contributed by atoms with Crippen LogP contribution < -0.4 is 10.6 Å². The smallest absolute Gasteiger partial charge is 0.304 e. The number of aryl methyl sites for hydroxylation is 2. The summed E-state index contributed by atoms with van der Waals surface area (Å²) < 4.78 is 5.32. The van der Waals surface area contributed by atoms with Crippen molar-refractivity contribution >= 4 is 17.8 Å². The first-order valence-electron chi connectivity index (χ1n) is 14.2. The summed E-state index contributed by atoms with van der Waals surface area (Å²) in [7, 11) is 1.57. The minimum absolute atomic E-state index is 0.205. The van der Waals surface area contributed by atoms with E-state index in [1.165, 1.54) is 11.1 Å². The Balaban J connectivity index is 1.70. The van der Waals surface area contributed by atoms with E-state index in [4.69, 9.17) is 4.74 Å². The molecule has 0 aromatic heterocycles. The number of nitrogens with one attached hydrogen (secondary N) is 2. The van der Waals surface area contributed by atoms with Crippen LogP contribution in [0.3, 0.4) is 0 Å². The normalized spacial score (nSPS) is 13.3. The molecule has 41 heavy (non-hydrogen) atoms. The molecule has 3 aromatic rings. The number of aliphatic carboxylic acids is 1. The highest BCUT2D eigenvalue weighted by Crippen LogP contribution is 2.29. The number of benzene rings is 3. The standard InChI is InChI=1S/C34H42N2O5/c1-23(2)32(34(40)35-29(22-41-4)25-14-7-5-8-15-25)36-33(39)28(21-30(37)38)20-12-19-27-18-11-13-24(3)31(27)26-16-9-6-10-17-26/h5-11,13-18,23,28-29,32H,12,19-22H2,1-4H3,(H,35,40)(H,36,39)(H,37,38)/t28-,29-,32+/m1/s1. The van der Waals surface area contributed by atoms with Gasteiger partial charge in [0.15, 0.2) is 0 Å². The van der Waals surface area contributed by atoms with Gasteiger partial charge in [0.1, 0.15) is 6.04 Å². The predicted octanol–water partition coefficient (Wildman–Crippen LogP) is 5.72. The molecule has 0 saturated carbocycles. The van der Waals surface area contributed by atoms with Crippen molar-refractivity contribution in [2.75, 3.05) is 13.7 Å². The molecule has 7 nitrogen and oxygen atoms in total. The first-order valence-corrected chi connectivity index (χ1v) is 14.2. The van der Waals surface area contributed by atoms with Crippen LogP contribution in [0.5, 0.6) is 0 Å². The van der Waals surface area contributed by atoms with Crippen molar-refractivity contribution < 1.29 is 24.2 Å². The molecular formula is C34H42N2O5. The third kappa shape index (κ3) is 9.29. The third-order valence-corrected chi connectivity index (χ3v) is 7.31. The minimum Gasteiger partial charge on any atom is -0.481 e. The molecule has 0 unspecified atom stereocenters. The number of rotatable bonds is 15. The second kappa shape index (κ2) is 15.7. The Hall–Kier alpha value is -3.97. The molecule has 3 N–H and O–H groups in total. The Kier molecular flexibility index (Phi) is 12.1. The van der Waals surface area contributed by atoms with E-state index in [1.807, 2.05) is 68.4 Å². The number of carboxylic acids is 1. The first kappa shape index (κ1) is 31.6. The largest absolute Gasteiger partial charge is 0.481 e. The van der Waals surface area contributed by atoms with Crippen LogP contribution in [0.1, 0.15) is 55.8 Å². The molecule has 3 aromatic carbocycles. The lowest BCUT2D eigenvalue weighted by atomic mass is 9.90. The maximum Gasteiger partial charge on any atom is 0.304 e. The van der Waals surface area contributed by atoms with Gasteiger partial charge in [0.25, 0.3) is 0 Å². The van der Waals surface area contributed by atoms with E-state index in [0.717, 1.165) is 16.7 Å². The number of carboxylic acid groups (broad SMARTS) is 1. The number of carbonyl (C=O) groups excluding carboxylic acids is 2. The number of ether oxygens (including phenoxy) is 1. The monoisotopic (exact) mass is 558 g/mol. The summed E-state index contributed by atoms with van der Waals surface area (Å²) in [6, 6.07) is 24.7. The van der Waals surface area contributed by atoms with Crippen LogP contribution in [-0.2, 0) is 25.5 Å². The number of hydrogen-bond donors (Lipinski definition) is 3. The summed E-state index contributed by atoms with van der Waals surface area (Å²) in [4.78, 5) is 38.4. The van der Waals surface area contributed by atoms with Crippen LogP contribution in [0.4, 0.5) is 0 Å². The lowest BCUT2D eigenvalue weighted by molar-refractivity contribution is -0.141. The SMILES string of the molecule is COC[C@@H](NC(=O)[C@@H](NC(=O)[C@H](CCCc1cccc(C)c1-c1ccccc1)CC(=O)O)C(C)C)c1ccccc1. The van der Waals surface area contributed by atoms with E-state index in [1.54, 1.807) is 7.11 Å². The molecule has 0 radical (unpaired) electrons. The van der Waals surface area contributed by atoms with Gasteiger partial charge in [0.2, 0.25) is 11.8 Å². The Labute approximate surface area is 243 Å². The van der Waals surface area contributed by atoms with Crippen molar-refractivity contribution in [3.63, 3.8) is 0 Å². The van der Waals surface area contributed by atoms with Crippen molar-refractivity contribution in [2.24, 2.45) is 11.8 Å². The van der Waals surface area contributed by atoms with E-state index in [9.17, 15) is 19.5 Å². The number of amides is 2. The zero-order valence-electron chi connectivity index (χ0n) is 24.4. The van der Waals surface area contributed by atoms with Gasteiger partial charge >= 0.3 is 5.97 Å². The average Bonchev–Trinajstić information content (AvgIpc) is 2.95. The zero-order chi connectivity index (χ0) is 29.8. The van der Waals surface area contributed by atoms with Gasteiger partial charge in [-0.3, -0.25) is 14.4 Å². The van der Waals surface area contributed by atoms with Crippen LogP contribution in [0, 0.1) is 18.8 Å². The van der Waals surface area contributed by atoms with E-state index in [0.29, 0.717) is 19.3 Å². The minimum atomic E-state index is -1.04. The summed E-state index contributed by atoms with van der Waals surface area (Å²) in [6.45, 7) is 6.07. The van der Waals surface area contributed by atoms with Crippen molar-refractivity contribution in [3.05, 3.63) is 95.6 Å². The Morgan fingerprint density at radius 1 is 0.854 bits per heavy atom. The molecule has 0 heterocycles. The van der Waals surface area contributed by atoms with Crippen LogP contribution in [0.15, 0.2) is 78.9 Å². The van der Waals surface area contributed by atoms with Crippen molar-refractivity contribution in [1.82, 2.24) is 10.6 Å². The highest BCUT2D eigenvalue weighted by molar-refractivity contribution is 5.90. The topological polar surface area (TPSA) is 105 Å². The number of hydrogen-bond acceptors (Lipinski definition) is 4. The highest BCUT2D eigenvalue weighted by Gasteiger charge is 2.30. The lowest BCUT2D eigenvalue weighted by Crippen LogP contribution is -2.52. The molecule has 3 rings (SSSR count). The van der Waals surface area contributed by atoms with Gasteiger partial charge in [0.05, 0.1) is 19.1 Å². The molecular weight excluding hydrogens is 516 g/mol. The summed E-state index contributed by atoms with van der Waals surface area (Å²) in [5.41, 5.74) is 5.53. The molecule has 0 spiro atoms. The number of methoxy groups -OCH3 is 1. The predicted molar refractivity (Wildman–Crippen MR) is 161 cm³/mol. The first-order chi connectivity index (χ1) is 19.7. The molecule has 2 amide bonds. The van der Waals surface area contributed by atoms with Gasteiger partial charge in [0, 0.05) is 13.0 Å². The van der Waals surface area contributed by atoms with Gasteiger partial charge in [-0.2, -0.15) is 0 Å². The van der Waals surface area contributed by atoms with Crippen molar-refractivity contribution in [2.45, 2.75) is 58.5 Å². The summed E-state index contributed by atoms with van der Waals surface area (Å²) in [5, 5.41) is 15.4. The van der Waals surface area contributed by atoms with Crippen LogP contribution in [0.25, 0.3) is 11.1 Å². The fourth-order valence-electron chi connectivity index (χ4n) is 5.17. The fraction of sp³-hybridized carbons (Fsp3) is 0.382. The molecule has 0 aliphatic rings. The van der Waals surface area contributed by atoms with E-state index in [2.05, 4.69) is 41.8 Å². The fourth-order valence-corrected chi connectivity index (χ4v) is 5.17. The Bertz CT molecular complexity index is 1280. The third-order valence-electron chi connectivity index (χ3n) is 7.31. The molecule has 0 saturated heterocycles. The summed E-state index contributed by atoms with van der Waals surface area (Å²) in [6.07, 6.45) is 1.44. The molecule has 218 valence electrons. The van der Waals surface area contributed by atoms with Gasteiger partial charge in [-0.1, -0.05) is 92.7 Å². The summed E-state index contributed by atoms with van der Waals surface area (Å²) in [5.74, 6) is -2.75. The van der Waals surface area contributed by atoms with Crippen molar-refractivity contribution in [1.29, 1.82) is 0 Å². The lowest BCUT2D eigenvalue weighted by Gasteiger charge is -2.27. The summed E-state index contributed by atoms with van der Waals surface area (Å²) >= 11 is 0. The second-order valence-corrected chi connectivity index (χ2v) is 10.8. The second-order valence-electron chi connectivity index (χ2n) is 10.8. The van der Waals surface area contributed by atoms with E-state index < -0.39 is 23.8 Å². The van der Waals surface area contributed by atoms with Gasteiger partial charge < -0.3 is 20.5 Å². The maximum absolute atomic E-state index is 13.4. The molecule has 3 atom stereocenters. The van der Waals surface area contributed by atoms with Crippen LogP contribution in [0.2, 0.25) is 0 Å².